The summed E-state index contributed by atoms with van der Waals surface area (Å²) in [4.78, 5) is 32.3. The van der Waals surface area contributed by atoms with E-state index >= 15 is 0 Å². The van der Waals surface area contributed by atoms with Gasteiger partial charge in [-0.2, -0.15) is 5.10 Å². The van der Waals surface area contributed by atoms with Crippen LogP contribution in [-0.2, 0) is 13.0 Å². The lowest BCUT2D eigenvalue weighted by Gasteiger charge is -2.38. The topological polar surface area (TPSA) is 102 Å². The molecule has 2 aliphatic rings. The number of aliphatic hydroxyl groups is 1. The number of aromatic nitrogens is 4. The zero-order valence-electron chi connectivity index (χ0n) is 19.4. The summed E-state index contributed by atoms with van der Waals surface area (Å²) in [6, 6.07) is 11.2. The summed E-state index contributed by atoms with van der Waals surface area (Å²) < 4.78 is 21.7. The Labute approximate surface area is 205 Å². The third kappa shape index (κ3) is 3.93. The van der Waals surface area contributed by atoms with E-state index in [1.54, 1.807) is 23.1 Å². The summed E-state index contributed by atoms with van der Waals surface area (Å²) in [5.74, 6) is 0.396. The number of carbonyl (C=O) groups is 1. The molecule has 1 N–H and O–H groups in total. The first-order chi connectivity index (χ1) is 17.4. The van der Waals surface area contributed by atoms with E-state index < -0.39 is 5.60 Å². The van der Waals surface area contributed by atoms with Crippen LogP contribution in [0.4, 0.5) is 4.39 Å². The van der Waals surface area contributed by atoms with E-state index in [1.807, 2.05) is 12.1 Å². The molecule has 0 atom stereocenters. The third-order valence-electron chi connectivity index (χ3n) is 7.01. The summed E-state index contributed by atoms with van der Waals surface area (Å²) in [6.45, 7) is 1.47. The van der Waals surface area contributed by atoms with Crippen LogP contribution in [0.1, 0.15) is 28.8 Å². The lowest BCUT2D eigenvalue weighted by Crippen LogP contribution is -2.49. The number of hydrogen-bond acceptors (Lipinski definition) is 6. The Morgan fingerprint density at radius 3 is 2.69 bits per heavy atom. The number of carbonyl (C=O) groups excluding carboxylic acids is 1. The number of nitrogens with zero attached hydrogens (tertiary/aromatic N) is 5. The van der Waals surface area contributed by atoms with Gasteiger partial charge in [0.1, 0.15) is 23.3 Å². The summed E-state index contributed by atoms with van der Waals surface area (Å²) in [5, 5.41) is 15.8. The Hall–Kier alpha value is -4.05. The number of rotatable bonds is 4. The maximum absolute atomic E-state index is 13.3. The fourth-order valence-electron chi connectivity index (χ4n) is 4.94. The second-order valence-corrected chi connectivity index (χ2v) is 9.39. The molecule has 2 aromatic carbocycles. The minimum absolute atomic E-state index is 0.0642. The van der Waals surface area contributed by atoms with Gasteiger partial charge < -0.3 is 14.7 Å². The SMILES string of the molecule is O=C(c1ccc2c(c1)CCO2)N1CCC(O)(Cn2cnc3c(cnn3-c3ccc(F)cc3)c2=O)CC1. The number of ether oxygens (including phenoxy) is 1. The van der Waals surface area contributed by atoms with E-state index in [4.69, 9.17) is 4.74 Å². The molecule has 184 valence electrons. The van der Waals surface area contributed by atoms with Crippen molar-refractivity contribution in [3.05, 3.63) is 82.3 Å². The van der Waals surface area contributed by atoms with Gasteiger partial charge in [0.05, 0.1) is 30.6 Å². The third-order valence-corrected chi connectivity index (χ3v) is 7.01. The van der Waals surface area contributed by atoms with Crippen LogP contribution in [0.2, 0.25) is 0 Å². The summed E-state index contributed by atoms with van der Waals surface area (Å²) in [7, 11) is 0. The highest BCUT2D eigenvalue weighted by Crippen LogP contribution is 2.29. The molecule has 2 aliphatic heterocycles. The van der Waals surface area contributed by atoms with Crippen molar-refractivity contribution >= 4 is 16.9 Å². The van der Waals surface area contributed by atoms with Crippen LogP contribution in [0, 0.1) is 5.82 Å². The lowest BCUT2D eigenvalue weighted by atomic mass is 9.90. The largest absolute Gasteiger partial charge is 0.493 e. The molecule has 0 spiro atoms. The van der Waals surface area contributed by atoms with E-state index in [0.29, 0.717) is 54.8 Å². The van der Waals surface area contributed by atoms with Crippen LogP contribution in [-0.4, -0.2) is 60.5 Å². The molecule has 4 heterocycles. The quantitative estimate of drug-likeness (QED) is 0.472. The normalized spacial score (nSPS) is 16.7. The van der Waals surface area contributed by atoms with E-state index in [-0.39, 0.29) is 23.8 Å². The number of likely N-dealkylation sites (tertiary alicyclic amines) is 1. The second kappa shape index (κ2) is 8.56. The lowest BCUT2D eigenvalue weighted by molar-refractivity contribution is -0.0299. The zero-order chi connectivity index (χ0) is 24.9. The fraction of sp³-hybridized carbons (Fsp3) is 0.308. The first-order valence-electron chi connectivity index (χ1n) is 11.9. The van der Waals surface area contributed by atoms with Crippen LogP contribution >= 0.6 is 0 Å². The molecule has 0 aliphatic carbocycles. The van der Waals surface area contributed by atoms with Gasteiger partial charge in [0.2, 0.25) is 0 Å². The zero-order valence-corrected chi connectivity index (χ0v) is 19.4. The minimum atomic E-state index is -1.14. The summed E-state index contributed by atoms with van der Waals surface area (Å²) >= 11 is 0. The van der Waals surface area contributed by atoms with Crippen molar-refractivity contribution in [1.29, 1.82) is 0 Å². The molecule has 10 heteroatoms. The minimum Gasteiger partial charge on any atom is -0.493 e. The standard InChI is InChI=1S/C26H24FN5O4/c27-19-2-4-20(5-3-19)32-23-21(14-29-32)25(34)31(16-28-23)15-26(35)8-10-30(11-9-26)24(33)18-1-6-22-17(13-18)7-12-36-22/h1-6,13-14,16,35H,7-12,15H2. The summed E-state index contributed by atoms with van der Waals surface area (Å²) in [5.41, 5.74) is 1.14. The van der Waals surface area contributed by atoms with Crippen LogP contribution in [0.3, 0.4) is 0 Å². The van der Waals surface area contributed by atoms with Gasteiger partial charge in [0.25, 0.3) is 11.5 Å². The van der Waals surface area contributed by atoms with Crippen molar-refractivity contribution in [1.82, 2.24) is 24.2 Å². The van der Waals surface area contributed by atoms with Gasteiger partial charge in [-0.25, -0.2) is 14.1 Å². The number of hydrogen-bond donors (Lipinski definition) is 1. The Balaban J connectivity index is 1.17. The summed E-state index contributed by atoms with van der Waals surface area (Å²) in [6.07, 6.45) is 4.30. The highest BCUT2D eigenvalue weighted by Gasteiger charge is 2.35. The van der Waals surface area contributed by atoms with Crippen molar-refractivity contribution in [3.63, 3.8) is 0 Å². The molecule has 4 aromatic rings. The molecule has 0 unspecified atom stereocenters. The van der Waals surface area contributed by atoms with Gasteiger partial charge in [-0.1, -0.05) is 0 Å². The maximum Gasteiger partial charge on any atom is 0.264 e. The van der Waals surface area contributed by atoms with Crippen LogP contribution < -0.4 is 10.3 Å². The van der Waals surface area contributed by atoms with E-state index in [2.05, 4.69) is 10.1 Å². The number of halogens is 1. The first kappa shape index (κ1) is 22.4. The average Bonchev–Trinajstić information content (AvgIpc) is 3.53. The molecule has 6 rings (SSSR count). The van der Waals surface area contributed by atoms with E-state index in [0.717, 1.165) is 17.7 Å². The van der Waals surface area contributed by atoms with Crippen molar-refractivity contribution in [2.75, 3.05) is 19.7 Å². The van der Waals surface area contributed by atoms with Gasteiger partial charge >= 0.3 is 0 Å². The molecule has 0 saturated carbocycles. The first-order valence-corrected chi connectivity index (χ1v) is 11.9. The molecule has 0 radical (unpaired) electrons. The van der Waals surface area contributed by atoms with Crippen molar-refractivity contribution < 1.29 is 19.0 Å². The van der Waals surface area contributed by atoms with Crippen molar-refractivity contribution in [2.24, 2.45) is 0 Å². The highest BCUT2D eigenvalue weighted by atomic mass is 19.1. The van der Waals surface area contributed by atoms with E-state index in [1.165, 1.54) is 33.9 Å². The Bertz CT molecular complexity index is 1520. The molecular formula is C26H24FN5O4. The average molecular weight is 490 g/mol. The molecule has 2 aromatic heterocycles. The fourth-order valence-corrected chi connectivity index (χ4v) is 4.94. The van der Waals surface area contributed by atoms with Gasteiger partial charge in [-0.15, -0.1) is 0 Å². The molecule has 1 saturated heterocycles. The highest BCUT2D eigenvalue weighted by molar-refractivity contribution is 5.94. The maximum atomic E-state index is 13.3. The Morgan fingerprint density at radius 2 is 1.92 bits per heavy atom. The number of fused-ring (bicyclic) bond motifs is 2. The van der Waals surface area contributed by atoms with Crippen LogP contribution in [0.5, 0.6) is 5.75 Å². The monoisotopic (exact) mass is 489 g/mol. The molecular weight excluding hydrogens is 465 g/mol. The molecule has 1 fully saturated rings. The molecule has 9 nitrogen and oxygen atoms in total. The van der Waals surface area contributed by atoms with E-state index in [9.17, 15) is 19.1 Å². The van der Waals surface area contributed by atoms with Crippen molar-refractivity contribution in [3.8, 4) is 11.4 Å². The van der Waals surface area contributed by atoms with Gasteiger partial charge in [-0.05, 0) is 60.9 Å². The molecule has 36 heavy (non-hydrogen) atoms. The van der Waals surface area contributed by atoms with Gasteiger partial charge in [0, 0.05) is 25.1 Å². The smallest absolute Gasteiger partial charge is 0.264 e. The van der Waals surface area contributed by atoms with Gasteiger partial charge in [0.15, 0.2) is 5.65 Å². The van der Waals surface area contributed by atoms with Crippen LogP contribution in [0.15, 0.2) is 59.8 Å². The Morgan fingerprint density at radius 1 is 1.14 bits per heavy atom. The number of piperidine rings is 1. The molecule has 1 amide bonds. The van der Waals surface area contributed by atoms with Gasteiger partial charge in [-0.3, -0.25) is 14.2 Å². The Kier molecular flexibility index (Phi) is 5.33. The number of benzene rings is 2. The second-order valence-electron chi connectivity index (χ2n) is 9.39. The van der Waals surface area contributed by atoms with Crippen molar-refractivity contribution in [2.45, 2.75) is 31.4 Å². The number of amides is 1. The van der Waals surface area contributed by atoms with Crippen LogP contribution in [0.25, 0.3) is 16.7 Å². The molecule has 0 bridgehead atoms. The predicted octanol–water partition coefficient (Wildman–Crippen LogP) is 2.32. The predicted molar refractivity (Wildman–Crippen MR) is 129 cm³/mol.